The Morgan fingerprint density at radius 3 is 2.56 bits per heavy atom. The third kappa shape index (κ3) is 6.23. The monoisotopic (exact) mass is 437 g/mol. The van der Waals surface area contributed by atoms with Crippen molar-refractivity contribution in [3.05, 3.63) is 58.1 Å². The summed E-state index contributed by atoms with van der Waals surface area (Å²) in [5.41, 5.74) is 2.07. The van der Waals surface area contributed by atoms with Crippen LogP contribution in [0.15, 0.2) is 46.9 Å². The first-order chi connectivity index (χ1) is 12.9. The second-order valence-corrected chi connectivity index (χ2v) is 6.94. The van der Waals surface area contributed by atoms with Gasteiger partial charge in [0.2, 0.25) is 0 Å². The van der Waals surface area contributed by atoms with Gasteiger partial charge in [0.25, 0.3) is 0 Å². The van der Waals surface area contributed by atoms with Crippen molar-refractivity contribution >= 4 is 27.7 Å². The Labute approximate surface area is 167 Å². The number of aryl methyl sites for hydroxylation is 1. The zero-order chi connectivity index (χ0) is 19.8. The number of rotatable bonds is 8. The Morgan fingerprint density at radius 1 is 1.22 bits per heavy atom. The third-order valence-electron chi connectivity index (χ3n) is 3.96. The van der Waals surface area contributed by atoms with Gasteiger partial charge in [-0.15, -0.1) is 0 Å². The van der Waals surface area contributed by atoms with Gasteiger partial charge in [-0.25, -0.2) is 4.79 Å². The van der Waals surface area contributed by atoms with Crippen LogP contribution in [-0.2, 0) is 9.47 Å². The van der Waals surface area contributed by atoms with E-state index in [2.05, 4.69) is 21.2 Å². The third-order valence-corrected chi connectivity index (χ3v) is 4.45. The van der Waals surface area contributed by atoms with Gasteiger partial charge in [-0.1, -0.05) is 33.6 Å². The van der Waals surface area contributed by atoms with Gasteiger partial charge in [-0.2, -0.15) is 0 Å². The summed E-state index contributed by atoms with van der Waals surface area (Å²) >= 11 is 3.36. The first-order valence-electron chi connectivity index (χ1n) is 8.69. The van der Waals surface area contributed by atoms with Crippen molar-refractivity contribution in [3.63, 3.8) is 0 Å². The fourth-order valence-electron chi connectivity index (χ4n) is 2.66. The Balaban J connectivity index is 2.26. The maximum absolute atomic E-state index is 12.4. The standard InChI is InChI=1S/C20H24BrNO5/c1-3-26-18(10-11-23)19(16-12-14(21)6-9-17(16)24)27-20(25)22-15-7-4-13(2)5-8-15/h4-9,12,18-19,23-24H,3,10-11H2,1-2H3,(H,22,25)/t18-,19-/m0/s1. The molecule has 0 spiro atoms. The molecular weight excluding hydrogens is 414 g/mol. The van der Waals surface area contributed by atoms with Gasteiger partial charge in [0.1, 0.15) is 11.9 Å². The Bertz CT molecular complexity index is 745. The van der Waals surface area contributed by atoms with Crippen molar-refractivity contribution in [2.24, 2.45) is 0 Å². The average Bonchev–Trinajstić information content (AvgIpc) is 2.64. The number of benzene rings is 2. The van der Waals surface area contributed by atoms with E-state index in [1.165, 1.54) is 6.07 Å². The Hall–Kier alpha value is -2.09. The van der Waals surface area contributed by atoms with Gasteiger partial charge >= 0.3 is 6.09 Å². The van der Waals surface area contributed by atoms with Crippen LogP contribution in [0.3, 0.4) is 0 Å². The van der Waals surface area contributed by atoms with Crippen molar-refractivity contribution in [3.8, 4) is 5.75 Å². The zero-order valence-corrected chi connectivity index (χ0v) is 16.9. The van der Waals surface area contributed by atoms with Crippen LogP contribution >= 0.6 is 15.9 Å². The lowest BCUT2D eigenvalue weighted by molar-refractivity contribution is -0.0491. The van der Waals surface area contributed by atoms with Crippen LogP contribution in [-0.4, -0.2) is 35.6 Å². The van der Waals surface area contributed by atoms with Crippen LogP contribution in [0.2, 0.25) is 0 Å². The number of carbonyl (C=O) groups is 1. The van der Waals surface area contributed by atoms with E-state index in [-0.39, 0.29) is 18.8 Å². The lowest BCUT2D eigenvalue weighted by Crippen LogP contribution is -2.29. The number of phenolic OH excluding ortho intramolecular Hbond substituents is 1. The van der Waals surface area contributed by atoms with Crippen LogP contribution in [0.25, 0.3) is 0 Å². The van der Waals surface area contributed by atoms with E-state index < -0.39 is 18.3 Å². The van der Waals surface area contributed by atoms with Crippen molar-refractivity contribution < 1.29 is 24.5 Å². The first-order valence-corrected chi connectivity index (χ1v) is 9.49. The van der Waals surface area contributed by atoms with Gasteiger partial charge in [-0.05, 0) is 44.2 Å². The van der Waals surface area contributed by atoms with Crippen LogP contribution < -0.4 is 5.32 Å². The summed E-state index contributed by atoms with van der Waals surface area (Å²) in [5, 5.41) is 22.3. The number of phenols is 1. The number of halogens is 1. The molecule has 0 saturated carbocycles. The van der Waals surface area contributed by atoms with Gasteiger partial charge in [0.15, 0.2) is 6.10 Å². The number of aromatic hydroxyl groups is 1. The number of hydrogen-bond acceptors (Lipinski definition) is 5. The number of ether oxygens (including phenoxy) is 2. The number of carbonyl (C=O) groups excluding carboxylic acids is 1. The van der Waals surface area contributed by atoms with E-state index in [4.69, 9.17) is 9.47 Å². The predicted octanol–water partition coefficient (Wildman–Crippen LogP) is 4.54. The quantitative estimate of drug-likeness (QED) is 0.563. The maximum atomic E-state index is 12.4. The highest BCUT2D eigenvalue weighted by Gasteiger charge is 2.30. The highest BCUT2D eigenvalue weighted by Crippen LogP contribution is 2.34. The molecule has 27 heavy (non-hydrogen) atoms. The second kappa shape index (κ2) is 10.3. The Morgan fingerprint density at radius 2 is 1.93 bits per heavy atom. The highest BCUT2D eigenvalue weighted by atomic mass is 79.9. The summed E-state index contributed by atoms with van der Waals surface area (Å²) in [6, 6.07) is 12.2. The topological polar surface area (TPSA) is 88.0 Å². The molecule has 0 aliphatic heterocycles. The average molecular weight is 438 g/mol. The summed E-state index contributed by atoms with van der Waals surface area (Å²) in [7, 11) is 0. The summed E-state index contributed by atoms with van der Waals surface area (Å²) in [5.74, 6) is -0.0195. The van der Waals surface area contributed by atoms with Gasteiger partial charge in [0, 0.05) is 35.4 Å². The predicted molar refractivity (Wildman–Crippen MR) is 107 cm³/mol. The minimum atomic E-state index is -0.889. The van der Waals surface area contributed by atoms with E-state index >= 15 is 0 Å². The molecule has 6 nitrogen and oxygen atoms in total. The normalized spacial score (nSPS) is 13.0. The fourth-order valence-corrected chi connectivity index (χ4v) is 3.03. The molecule has 3 N–H and O–H groups in total. The van der Waals surface area contributed by atoms with E-state index in [0.717, 1.165) is 10.0 Å². The zero-order valence-electron chi connectivity index (χ0n) is 15.3. The molecule has 2 rings (SSSR count). The van der Waals surface area contributed by atoms with Crippen molar-refractivity contribution in [2.75, 3.05) is 18.5 Å². The number of amides is 1. The van der Waals surface area contributed by atoms with Crippen LogP contribution in [0.5, 0.6) is 5.75 Å². The Kier molecular flexibility index (Phi) is 8.09. The van der Waals surface area contributed by atoms with E-state index in [0.29, 0.717) is 17.9 Å². The van der Waals surface area contributed by atoms with Gasteiger partial charge < -0.3 is 19.7 Å². The van der Waals surface area contributed by atoms with Gasteiger partial charge in [-0.3, -0.25) is 5.32 Å². The number of hydrogen-bond donors (Lipinski definition) is 3. The highest BCUT2D eigenvalue weighted by molar-refractivity contribution is 9.10. The largest absolute Gasteiger partial charge is 0.508 e. The molecule has 1 amide bonds. The number of nitrogens with one attached hydrogen (secondary N) is 1. The van der Waals surface area contributed by atoms with Crippen molar-refractivity contribution in [1.29, 1.82) is 0 Å². The second-order valence-electron chi connectivity index (χ2n) is 6.03. The molecule has 2 atom stereocenters. The maximum Gasteiger partial charge on any atom is 0.412 e. The molecular formula is C20H24BrNO5. The van der Waals surface area contributed by atoms with Crippen molar-refractivity contribution in [1.82, 2.24) is 0 Å². The van der Waals surface area contributed by atoms with Crippen LogP contribution in [0.1, 0.15) is 30.6 Å². The van der Waals surface area contributed by atoms with Crippen molar-refractivity contribution in [2.45, 2.75) is 32.5 Å². The molecule has 0 fully saturated rings. The minimum absolute atomic E-state index is 0.0195. The lowest BCUT2D eigenvalue weighted by atomic mass is 10.0. The SMILES string of the molecule is CCO[C@@H](CCO)[C@@H](OC(=O)Nc1ccc(C)cc1)c1cc(Br)ccc1O. The molecule has 0 aliphatic carbocycles. The molecule has 2 aromatic rings. The van der Waals surface area contributed by atoms with Crippen LogP contribution in [0.4, 0.5) is 10.5 Å². The van der Waals surface area contributed by atoms with E-state index in [9.17, 15) is 15.0 Å². The van der Waals surface area contributed by atoms with Gasteiger partial charge in [0.05, 0.1) is 0 Å². The summed E-state index contributed by atoms with van der Waals surface area (Å²) in [6.45, 7) is 4.00. The lowest BCUT2D eigenvalue weighted by Gasteiger charge is -2.27. The molecule has 0 saturated heterocycles. The summed E-state index contributed by atoms with van der Waals surface area (Å²) < 4.78 is 12.0. The fraction of sp³-hybridized carbons (Fsp3) is 0.350. The number of anilines is 1. The molecule has 0 heterocycles. The smallest absolute Gasteiger partial charge is 0.412 e. The number of aliphatic hydroxyl groups is 1. The minimum Gasteiger partial charge on any atom is -0.508 e. The molecule has 2 aromatic carbocycles. The molecule has 0 aliphatic rings. The molecule has 0 radical (unpaired) electrons. The molecule has 0 unspecified atom stereocenters. The van der Waals surface area contributed by atoms with E-state index in [1.807, 2.05) is 26.0 Å². The first kappa shape index (κ1) is 21.2. The molecule has 0 bridgehead atoms. The van der Waals surface area contributed by atoms with Crippen LogP contribution in [0, 0.1) is 6.92 Å². The molecule has 0 aromatic heterocycles. The molecule has 7 heteroatoms. The van der Waals surface area contributed by atoms with E-state index in [1.54, 1.807) is 24.3 Å². The number of aliphatic hydroxyl groups excluding tert-OH is 1. The molecule has 146 valence electrons. The summed E-state index contributed by atoms with van der Waals surface area (Å²) in [4.78, 5) is 12.4. The summed E-state index contributed by atoms with van der Waals surface area (Å²) in [6.07, 6.45) is -1.92.